The van der Waals surface area contributed by atoms with Crippen molar-refractivity contribution in [3.8, 4) is 23.0 Å². The smallest absolute Gasteiger partial charge is 0.295 e. The Morgan fingerprint density at radius 1 is 1.03 bits per heavy atom. The number of hydrogen-bond donors (Lipinski definition) is 1. The molecule has 0 radical (unpaired) electrons. The standard InChI is InChI=1S/C30H38N2O7/c1-5-6-7-15-37-22-11-9-20(18-24(22)36-4)27-26(29(34)30(35)32(27)14-8-13-31(2)3)28(33)21-10-12-23-25(19-21)39-17-16-38-23/h9-12,18-19,27,33H,5-8,13-17H2,1-4H3. The average molecular weight is 539 g/mol. The Morgan fingerprint density at radius 2 is 1.79 bits per heavy atom. The second-order valence-electron chi connectivity index (χ2n) is 9.97. The topological polar surface area (TPSA) is 97.8 Å². The van der Waals surface area contributed by atoms with Crippen LogP contribution in [-0.4, -0.2) is 80.7 Å². The van der Waals surface area contributed by atoms with E-state index in [-0.39, 0.29) is 11.3 Å². The van der Waals surface area contributed by atoms with Gasteiger partial charge in [-0.3, -0.25) is 9.59 Å². The number of aliphatic hydroxyl groups excluding tert-OH is 1. The lowest BCUT2D eigenvalue weighted by Crippen LogP contribution is -2.32. The first-order valence-electron chi connectivity index (χ1n) is 13.5. The Kier molecular flexibility index (Phi) is 9.35. The lowest BCUT2D eigenvalue weighted by atomic mass is 9.94. The van der Waals surface area contributed by atoms with Gasteiger partial charge < -0.3 is 33.9 Å². The first-order chi connectivity index (χ1) is 18.8. The zero-order valence-corrected chi connectivity index (χ0v) is 23.2. The molecule has 2 aromatic rings. The molecule has 0 saturated carbocycles. The summed E-state index contributed by atoms with van der Waals surface area (Å²) in [5.74, 6) is 0.513. The summed E-state index contributed by atoms with van der Waals surface area (Å²) in [6.45, 7) is 4.62. The van der Waals surface area contributed by atoms with E-state index in [9.17, 15) is 14.7 Å². The number of amides is 1. The summed E-state index contributed by atoms with van der Waals surface area (Å²) >= 11 is 0. The van der Waals surface area contributed by atoms with Crippen molar-refractivity contribution in [3.05, 3.63) is 53.1 Å². The van der Waals surface area contributed by atoms with Crippen molar-refractivity contribution in [2.75, 3.05) is 54.1 Å². The summed E-state index contributed by atoms with van der Waals surface area (Å²) in [5.41, 5.74) is 1.05. The normalized spacial score (nSPS) is 18.1. The molecule has 1 amide bonds. The van der Waals surface area contributed by atoms with E-state index >= 15 is 0 Å². The van der Waals surface area contributed by atoms with Gasteiger partial charge in [0.15, 0.2) is 23.0 Å². The van der Waals surface area contributed by atoms with E-state index in [0.29, 0.717) is 66.9 Å². The molecule has 1 fully saturated rings. The van der Waals surface area contributed by atoms with Crippen LogP contribution in [-0.2, 0) is 9.59 Å². The molecule has 9 nitrogen and oxygen atoms in total. The van der Waals surface area contributed by atoms with Crippen LogP contribution >= 0.6 is 0 Å². The largest absolute Gasteiger partial charge is 0.507 e. The minimum absolute atomic E-state index is 0.0280. The number of fused-ring (bicyclic) bond motifs is 1. The van der Waals surface area contributed by atoms with Crippen molar-refractivity contribution in [2.24, 2.45) is 0 Å². The zero-order chi connectivity index (χ0) is 27.9. The van der Waals surface area contributed by atoms with Crippen molar-refractivity contribution in [2.45, 2.75) is 38.6 Å². The number of benzene rings is 2. The molecule has 0 aliphatic carbocycles. The van der Waals surface area contributed by atoms with Crippen LogP contribution in [0.2, 0.25) is 0 Å². The quantitative estimate of drug-likeness (QED) is 0.184. The molecule has 2 aliphatic rings. The molecule has 2 heterocycles. The molecule has 0 spiro atoms. The van der Waals surface area contributed by atoms with Crippen LogP contribution in [0.1, 0.15) is 49.8 Å². The number of carbonyl (C=O) groups excluding carboxylic acids is 2. The van der Waals surface area contributed by atoms with Crippen LogP contribution < -0.4 is 18.9 Å². The minimum atomic E-state index is -0.789. The fraction of sp³-hybridized carbons (Fsp3) is 0.467. The summed E-state index contributed by atoms with van der Waals surface area (Å²) in [6, 6.07) is 9.60. The van der Waals surface area contributed by atoms with E-state index in [1.54, 1.807) is 37.4 Å². The number of Topliss-reactive ketones (excluding diaryl/α,β-unsaturated/α-hetero) is 1. The van der Waals surface area contributed by atoms with Gasteiger partial charge in [-0.15, -0.1) is 0 Å². The van der Waals surface area contributed by atoms with Crippen LogP contribution in [0.4, 0.5) is 0 Å². The monoisotopic (exact) mass is 538 g/mol. The van der Waals surface area contributed by atoms with Crippen LogP contribution in [0.3, 0.4) is 0 Å². The Hall–Kier alpha value is -3.72. The number of ether oxygens (including phenoxy) is 4. The van der Waals surface area contributed by atoms with E-state index in [4.69, 9.17) is 18.9 Å². The molecule has 0 bridgehead atoms. The van der Waals surface area contributed by atoms with Gasteiger partial charge in [0.05, 0.1) is 25.3 Å². The number of rotatable bonds is 12. The van der Waals surface area contributed by atoms with Crippen molar-refractivity contribution in [1.82, 2.24) is 9.80 Å². The number of likely N-dealkylation sites (tertiary alicyclic amines) is 1. The fourth-order valence-electron chi connectivity index (χ4n) is 4.87. The number of hydrogen-bond acceptors (Lipinski definition) is 8. The lowest BCUT2D eigenvalue weighted by molar-refractivity contribution is -0.139. The molecular weight excluding hydrogens is 500 g/mol. The molecule has 1 atom stereocenters. The third kappa shape index (κ3) is 6.30. The molecule has 2 aliphatic heterocycles. The second-order valence-corrected chi connectivity index (χ2v) is 9.97. The van der Waals surface area contributed by atoms with Gasteiger partial charge in [0.1, 0.15) is 19.0 Å². The highest BCUT2D eigenvalue weighted by Gasteiger charge is 2.46. The Bertz CT molecular complexity index is 1220. The summed E-state index contributed by atoms with van der Waals surface area (Å²) in [6.07, 6.45) is 3.76. The molecule has 1 unspecified atom stereocenters. The molecule has 2 aromatic carbocycles. The Morgan fingerprint density at radius 3 is 2.51 bits per heavy atom. The predicted molar refractivity (Wildman–Crippen MR) is 148 cm³/mol. The number of carbonyl (C=O) groups is 2. The minimum Gasteiger partial charge on any atom is -0.507 e. The number of aliphatic hydroxyl groups is 1. The summed E-state index contributed by atoms with van der Waals surface area (Å²) in [7, 11) is 5.47. The van der Waals surface area contributed by atoms with Gasteiger partial charge in [-0.2, -0.15) is 0 Å². The predicted octanol–water partition coefficient (Wildman–Crippen LogP) is 4.41. The maximum absolute atomic E-state index is 13.4. The maximum atomic E-state index is 13.4. The van der Waals surface area contributed by atoms with Gasteiger partial charge in [0.2, 0.25) is 0 Å². The lowest BCUT2D eigenvalue weighted by Gasteiger charge is -2.26. The van der Waals surface area contributed by atoms with Crippen molar-refractivity contribution in [1.29, 1.82) is 0 Å². The first kappa shape index (κ1) is 28.3. The molecule has 210 valence electrons. The van der Waals surface area contributed by atoms with Gasteiger partial charge >= 0.3 is 0 Å². The van der Waals surface area contributed by atoms with Gasteiger partial charge in [-0.1, -0.05) is 25.8 Å². The van der Waals surface area contributed by atoms with E-state index in [0.717, 1.165) is 25.8 Å². The first-order valence-corrected chi connectivity index (χ1v) is 13.5. The number of nitrogens with zero attached hydrogens (tertiary/aromatic N) is 2. The van der Waals surface area contributed by atoms with Gasteiger partial charge in [-0.05, 0) is 69.4 Å². The highest BCUT2D eigenvalue weighted by Crippen LogP contribution is 2.43. The zero-order valence-electron chi connectivity index (χ0n) is 23.2. The van der Waals surface area contributed by atoms with Gasteiger partial charge in [-0.25, -0.2) is 0 Å². The average Bonchev–Trinajstić information content (AvgIpc) is 3.19. The molecule has 1 saturated heterocycles. The third-order valence-corrected chi connectivity index (χ3v) is 6.87. The summed E-state index contributed by atoms with van der Waals surface area (Å²) in [5, 5.41) is 11.4. The highest BCUT2D eigenvalue weighted by atomic mass is 16.6. The van der Waals surface area contributed by atoms with E-state index in [1.165, 1.54) is 4.90 Å². The molecule has 1 N–H and O–H groups in total. The molecular formula is C30H38N2O7. The van der Waals surface area contributed by atoms with Crippen molar-refractivity contribution >= 4 is 17.4 Å². The summed E-state index contributed by atoms with van der Waals surface area (Å²) in [4.78, 5) is 30.2. The molecule has 0 aromatic heterocycles. The van der Waals surface area contributed by atoms with Crippen LogP contribution in [0.25, 0.3) is 5.76 Å². The van der Waals surface area contributed by atoms with Crippen LogP contribution in [0.15, 0.2) is 42.0 Å². The molecule has 4 rings (SSSR count). The van der Waals surface area contributed by atoms with Gasteiger partial charge in [0, 0.05) is 12.1 Å². The van der Waals surface area contributed by atoms with Crippen molar-refractivity contribution < 1.29 is 33.6 Å². The van der Waals surface area contributed by atoms with Gasteiger partial charge in [0.25, 0.3) is 11.7 Å². The Balaban J connectivity index is 1.75. The van der Waals surface area contributed by atoms with E-state index in [2.05, 4.69) is 6.92 Å². The summed E-state index contributed by atoms with van der Waals surface area (Å²) < 4.78 is 22.8. The second kappa shape index (κ2) is 12.9. The number of methoxy groups -OCH3 is 1. The Labute approximate surface area is 229 Å². The fourth-order valence-corrected chi connectivity index (χ4v) is 4.87. The third-order valence-electron chi connectivity index (χ3n) is 6.87. The number of ketones is 1. The van der Waals surface area contributed by atoms with Crippen LogP contribution in [0.5, 0.6) is 23.0 Å². The van der Waals surface area contributed by atoms with Crippen LogP contribution in [0, 0.1) is 0 Å². The SMILES string of the molecule is CCCCCOc1ccc(C2C(=C(O)c3ccc4c(c3)OCCO4)C(=O)C(=O)N2CCCN(C)C)cc1OC. The molecule has 39 heavy (non-hydrogen) atoms. The van der Waals surface area contributed by atoms with E-state index in [1.807, 2.05) is 25.1 Å². The highest BCUT2D eigenvalue weighted by molar-refractivity contribution is 6.46. The molecule has 9 heteroatoms. The van der Waals surface area contributed by atoms with Crippen molar-refractivity contribution in [3.63, 3.8) is 0 Å². The number of unbranched alkanes of at least 4 members (excludes halogenated alkanes) is 2. The van der Waals surface area contributed by atoms with E-state index < -0.39 is 17.7 Å². The maximum Gasteiger partial charge on any atom is 0.295 e.